The Balaban J connectivity index is 1.04. The quantitative estimate of drug-likeness (QED) is 0.296. The van der Waals surface area contributed by atoms with Crippen molar-refractivity contribution in [3.8, 4) is 0 Å². The minimum atomic E-state index is -0.148. The first-order valence-corrected chi connectivity index (χ1v) is 12.8. The van der Waals surface area contributed by atoms with Gasteiger partial charge in [-0.1, -0.05) is 61.0 Å². The van der Waals surface area contributed by atoms with Crippen molar-refractivity contribution in [1.82, 2.24) is 9.80 Å². The summed E-state index contributed by atoms with van der Waals surface area (Å²) in [6, 6.07) is 22.2. The molecule has 3 aromatic carbocycles. The molecule has 0 aliphatic carbocycles. The molecule has 0 radical (unpaired) electrons. The van der Waals surface area contributed by atoms with E-state index in [9.17, 15) is 9.59 Å². The molecule has 0 atom stereocenters. The van der Waals surface area contributed by atoms with Crippen molar-refractivity contribution >= 4 is 22.6 Å². The number of hydrogen-bond donors (Lipinski definition) is 0. The van der Waals surface area contributed by atoms with Crippen LogP contribution in [0.1, 0.15) is 64.8 Å². The third kappa shape index (κ3) is 4.92. The summed E-state index contributed by atoms with van der Waals surface area (Å²) in [7, 11) is 0. The van der Waals surface area contributed by atoms with Gasteiger partial charge >= 0.3 is 0 Å². The predicted molar refractivity (Wildman–Crippen MR) is 137 cm³/mol. The van der Waals surface area contributed by atoms with E-state index in [4.69, 9.17) is 0 Å². The van der Waals surface area contributed by atoms with Crippen molar-refractivity contribution in [2.75, 3.05) is 26.2 Å². The number of nitrogens with zero attached hydrogens (tertiary/aromatic N) is 2. The molecule has 1 saturated heterocycles. The zero-order chi connectivity index (χ0) is 23.3. The fourth-order valence-electron chi connectivity index (χ4n) is 5.63. The van der Waals surface area contributed by atoms with E-state index >= 15 is 0 Å². The fourth-order valence-corrected chi connectivity index (χ4v) is 5.63. The van der Waals surface area contributed by atoms with Crippen LogP contribution in [0.5, 0.6) is 0 Å². The Hall–Kier alpha value is -2.98. The van der Waals surface area contributed by atoms with Gasteiger partial charge in [0, 0.05) is 23.1 Å². The molecule has 4 nitrogen and oxygen atoms in total. The van der Waals surface area contributed by atoms with Gasteiger partial charge in [0.1, 0.15) is 0 Å². The number of aryl methyl sites for hydroxylation is 1. The van der Waals surface area contributed by atoms with Crippen LogP contribution in [0.3, 0.4) is 0 Å². The summed E-state index contributed by atoms with van der Waals surface area (Å²) in [5.74, 6) is 0.558. The molecule has 0 saturated carbocycles. The second-order valence-electron chi connectivity index (χ2n) is 9.84. The number of benzene rings is 3. The normalized spacial score (nSPS) is 17.0. The Morgan fingerprint density at radius 2 is 1.35 bits per heavy atom. The summed E-state index contributed by atoms with van der Waals surface area (Å²) >= 11 is 0. The van der Waals surface area contributed by atoms with Crippen LogP contribution in [0.2, 0.25) is 0 Å². The lowest BCUT2D eigenvalue weighted by Gasteiger charge is -2.32. The molecule has 1 fully saturated rings. The fraction of sp³-hybridized carbons (Fsp3) is 0.400. The number of likely N-dealkylation sites (tertiary alicyclic amines) is 1. The summed E-state index contributed by atoms with van der Waals surface area (Å²) in [4.78, 5) is 30.0. The van der Waals surface area contributed by atoms with Crippen LogP contribution in [0, 0.1) is 5.92 Å². The maximum absolute atomic E-state index is 13.0. The van der Waals surface area contributed by atoms with E-state index in [-0.39, 0.29) is 11.8 Å². The van der Waals surface area contributed by atoms with Crippen LogP contribution in [0.15, 0.2) is 66.7 Å². The monoisotopic (exact) mass is 454 g/mol. The van der Waals surface area contributed by atoms with E-state index in [1.807, 2.05) is 36.4 Å². The summed E-state index contributed by atoms with van der Waals surface area (Å²) in [6.07, 6.45) is 8.25. The molecule has 0 N–H and O–H groups in total. The van der Waals surface area contributed by atoms with Gasteiger partial charge in [0.05, 0.1) is 0 Å². The molecule has 4 heteroatoms. The van der Waals surface area contributed by atoms with E-state index in [2.05, 4.69) is 35.2 Å². The summed E-state index contributed by atoms with van der Waals surface area (Å²) in [5.41, 5.74) is 2.76. The molecule has 176 valence electrons. The molecule has 2 amide bonds. The number of rotatable bonds is 9. The molecule has 2 aliphatic heterocycles. The lowest BCUT2D eigenvalue weighted by molar-refractivity contribution is 0.0605. The second-order valence-corrected chi connectivity index (χ2v) is 9.84. The van der Waals surface area contributed by atoms with E-state index < -0.39 is 0 Å². The van der Waals surface area contributed by atoms with Gasteiger partial charge in [0.2, 0.25) is 0 Å². The number of piperidine rings is 1. The van der Waals surface area contributed by atoms with Gasteiger partial charge in [-0.05, 0) is 87.2 Å². The number of unbranched alkanes of at least 4 members (excludes halogenated alkanes) is 1. The largest absolute Gasteiger partial charge is 0.303 e. The SMILES string of the molecule is O=C1c2cccc3cccc(c23)C(=O)N1CCCCN1CCC(CCCc2ccccc2)CC1. The van der Waals surface area contributed by atoms with Crippen LogP contribution in [0.25, 0.3) is 10.8 Å². The number of imide groups is 1. The van der Waals surface area contributed by atoms with E-state index in [0.29, 0.717) is 17.7 Å². The first-order valence-electron chi connectivity index (χ1n) is 12.8. The van der Waals surface area contributed by atoms with Crippen molar-refractivity contribution in [1.29, 1.82) is 0 Å². The van der Waals surface area contributed by atoms with Gasteiger partial charge in [-0.3, -0.25) is 14.5 Å². The highest BCUT2D eigenvalue weighted by Crippen LogP contribution is 2.30. The number of amides is 2. The van der Waals surface area contributed by atoms with Gasteiger partial charge in [0.25, 0.3) is 11.8 Å². The van der Waals surface area contributed by atoms with Gasteiger partial charge in [-0.2, -0.15) is 0 Å². The predicted octanol–water partition coefficient (Wildman–Crippen LogP) is 5.95. The summed E-state index contributed by atoms with van der Waals surface area (Å²) in [5, 5.41) is 1.77. The highest BCUT2D eigenvalue weighted by atomic mass is 16.2. The van der Waals surface area contributed by atoms with Gasteiger partial charge in [-0.15, -0.1) is 0 Å². The van der Waals surface area contributed by atoms with Crippen molar-refractivity contribution < 1.29 is 9.59 Å². The molecule has 0 aromatic heterocycles. The summed E-state index contributed by atoms with van der Waals surface area (Å²) in [6.45, 7) is 3.90. The minimum Gasteiger partial charge on any atom is -0.303 e. The Morgan fingerprint density at radius 3 is 2.03 bits per heavy atom. The zero-order valence-corrected chi connectivity index (χ0v) is 19.9. The lowest BCUT2D eigenvalue weighted by atomic mass is 9.90. The average molecular weight is 455 g/mol. The molecule has 2 heterocycles. The van der Waals surface area contributed by atoms with Crippen molar-refractivity contribution in [2.24, 2.45) is 5.92 Å². The second kappa shape index (κ2) is 10.5. The zero-order valence-electron chi connectivity index (χ0n) is 19.9. The van der Waals surface area contributed by atoms with Crippen LogP contribution >= 0.6 is 0 Å². The third-order valence-electron chi connectivity index (χ3n) is 7.59. The molecule has 0 unspecified atom stereocenters. The topological polar surface area (TPSA) is 40.6 Å². The van der Waals surface area contributed by atoms with Crippen LogP contribution in [-0.4, -0.2) is 47.8 Å². The maximum atomic E-state index is 13.0. The smallest absolute Gasteiger partial charge is 0.261 e. The van der Waals surface area contributed by atoms with Gasteiger partial charge in [0.15, 0.2) is 0 Å². The number of carbonyl (C=O) groups is 2. The highest BCUT2D eigenvalue weighted by molar-refractivity contribution is 6.25. The third-order valence-corrected chi connectivity index (χ3v) is 7.59. The molecular formula is C30H34N2O2. The van der Waals surface area contributed by atoms with Crippen LogP contribution in [0.4, 0.5) is 0 Å². The average Bonchev–Trinajstić information content (AvgIpc) is 2.88. The molecular weight excluding hydrogens is 420 g/mol. The van der Waals surface area contributed by atoms with Crippen molar-refractivity contribution in [3.05, 3.63) is 83.4 Å². The molecule has 2 aliphatic rings. The van der Waals surface area contributed by atoms with E-state index in [0.717, 1.165) is 36.1 Å². The van der Waals surface area contributed by atoms with Gasteiger partial charge in [-0.25, -0.2) is 0 Å². The van der Waals surface area contributed by atoms with Crippen LogP contribution < -0.4 is 0 Å². The minimum absolute atomic E-state index is 0.148. The molecule has 0 bridgehead atoms. The first-order chi connectivity index (χ1) is 16.7. The number of hydrogen-bond acceptors (Lipinski definition) is 3. The lowest BCUT2D eigenvalue weighted by Crippen LogP contribution is -2.41. The standard InChI is InChI=1S/C30H34N2O2/c33-29-26-15-7-13-25-14-8-16-27(28(25)26)30(34)32(29)20-5-4-19-31-21-17-24(18-22-31)12-6-11-23-9-2-1-3-10-23/h1-3,7-10,13-16,24H,4-6,11-12,17-22H2. The van der Waals surface area contributed by atoms with Gasteiger partial charge < -0.3 is 4.90 Å². The number of carbonyl (C=O) groups excluding carboxylic acids is 2. The van der Waals surface area contributed by atoms with Crippen LogP contribution in [-0.2, 0) is 6.42 Å². The Morgan fingerprint density at radius 1 is 0.706 bits per heavy atom. The summed E-state index contributed by atoms with van der Waals surface area (Å²) < 4.78 is 0. The maximum Gasteiger partial charge on any atom is 0.261 e. The van der Waals surface area contributed by atoms with E-state index in [1.165, 1.54) is 55.7 Å². The molecule has 0 spiro atoms. The van der Waals surface area contributed by atoms with Crippen molar-refractivity contribution in [3.63, 3.8) is 0 Å². The van der Waals surface area contributed by atoms with Crippen molar-refractivity contribution in [2.45, 2.75) is 44.9 Å². The Bertz CT molecular complexity index is 1100. The molecule has 34 heavy (non-hydrogen) atoms. The van der Waals surface area contributed by atoms with E-state index in [1.54, 1.807) is 0 Å². The molecule has 5 rings (SSSR count). The Kier molecular flexibility index (Phi) is 7.05. The first kappa shape index (κ1) is 22.8. The highest BCUT2D eigenvalue weighted by Gasteiger charge is 2.32. The molecule has 3 aromatic rings. The Labute approximate surface area is 202 Å².